The van der Waals surface area contributed by atoms with E-state index in [0.717, 1.165) is 18.9 Å². The van der Waals surface area contributed by atoms with Crippen LogP contribution in [-0.4, -0.2) is 42.2 Å². The standard InChI is InChI=1S/C13H14N4O2S/c18-13(10-1-6-20-8-10)16-11-7-12(15-9-14-11)17-2-4-19-5-3-17/h1,6-9H,2-5H2,(H,14,15,16,18). The third kappa shape index (κ3) is 2.94. The van der Waals surface area contributed by atoms with Crippen LogP contribution in [0.4, 0.5) is 11.6 Å². The number of morpholine rings is 1. The fraction of sp³-hybridized carbons (Fsp3) is 0.308. The molecule has 6 nitrogen and oxygen atoms in total. The van der Waals surface area contributed by atoms with Crippen LogP contribution in [-0.2, 0) is 4.74 Å². The quantitative estimate of drug-likeness (QED) is 0.930. The number of rotatable bonds is 3. The molecule has 1 aliphatic heterocycles. The molecule has 104 valence electrons. The lowest BCUT2D eigenvalue weighted by Crippen LogP contribution is -2.36. The Balaban J connectivity index is 1.72. The van der Waals surface area contributed by atoms with Crippen LogP contribution >= 0.6 is 11.3 Å². The molecule has 2 aromatic rings. The molecule has 1 saturated heterocycles. The molecule has 2 aromatic heterocycles. The van der Waals surface area contributed by atoms with Gasteiger partial charge in [-0.2, -0.15) is 11.3 Å². The van der Waals surface area contributed by atoms with Crippen molar-refractivity contribution in [3.8, 4) is 0 Å². The minimum atomic E-state index is -0.155. The van der Waals surface area contributed by atoms with Crippen LogP contribution in [0.1, 0.15) is 10.4 Å². The molecule has 0 aromatic carbocycles. The molecule has 0 aliphatic carbocycles. The first-order valence-corrected chi connectivity index (χ1v) is 7.25. The minimum Gasteiger partial charge on any atom is -0.378 e. The van der Waals surface area contributed by atoms with Gasteiger partial charge in [-0.15, -0.1) is 0 Å². The van der Waals surface area contributed by atoms with Crippen LogP contribution in [0.15, 0.2) is 29.2 Å². The van der Waals surface area contributed by atoms with Crippen molar-refractivity contribution in [1.82, 2.24) is 9.97 Å². The normalized spacial score (nSPS) is 15.1. The Hall–Kier alpha value is -1.99. The number of carbonyl (C=O) groups is 1. The van der Waals surface area contributed by atoms with E-state index in [1.165, 1.54) is 17.7 Å². The summed E-state index contributed by atoms with van der Waals surface area (Å²) in [5.41, 5.74) is 0.640. The summed E-state index contributed by atoms with van der Waals surface area (Å²) < 4.78 is 5.31. The number of carbonyl (C=O) groups excluding carboxylic acids is 1. The number of hydrogen-bond donors (Lipinski definition) is 1. The van der Waals surface area contributed by atoms with Gasteiger partial charge in [-0.1, -0.05) is 0 Å². The number of nitrogens with zero attached hydrogens (tertiary/aromatic N) is 3. The molecule has 0 saturated carbocycles. The molecular weight excluding hydrogens is 276 g/mol. The van der Waals surface area contributed by atoms with Crippen molar-refractivity contribution in [2.45, 2.75) is 0 Å². The van der Waals surface area contributed by atoms with E-state index in [1.807, 2.05) is 5.38 Å². The van der Waals surface area contributed by atoms with Crippen LogP contribution in [0.5, 0.6) is 0 Å². The summed E-state index contributed by atoms with van der Waals surface area (Å²) in [5, 5.41) is 6.46. The SMILES string of the molecule is O=C(Nc1cc(N2CCOCC2)ncn1)c1ccsc1. The molecule has 7 heteroatoms. The summed E-state index contributed by atoms with van der Waals surface area (Å²) in [6, 6.07) is 3.57. The Morgan fingerprint density at radius 3 is 2.95 bits per heavy atom. The molecular formula is C13H14N4O2S. The summed E-state index contributed by atoms with van der Waals surface area (Å²) >= 11 is 1.49. The van der Waals surface area contributed by atoms with Gasteiger partial charge in [0.25, 0.3) is 5.91 Å². The maximum Gasteiger partial charge on any atom is 0.257 e. The van der Waals surface area contributed by atoms with E-state index >= 15 is 0 Å². The summed E-state index contributed by atoms with van der Waals surface area (Å²) in [6.07, 6.45) is 1.47. The second-order valence-electron chi connectivity index (χ2n) is 4.33. The maximum atomic E-state index is 12.0. The highest BCUT2D eigenvalue weighted by molar-refractivity contribution is 7.08. The molecule has 0 radical (unpaired) electrons. The molecule has 3 rings (SSSR count). The summed E-state index contributed by atoms with van der Waals surface area (Å²) in [7, 11) is 0. The smallest absolute Gasteiger partial charge is 0.257 e. The highest BCUT2D eigenvalue weighted by atomic mass is 32.1. The van der Waals surface area contributed by atoms with Gasteiger partial charge in [0.05, 0.1) is 18.8 Å². The van der Waals surface area contributed by atoms with Gasteiger partial charge in [0, 0.05) is 24.5 Å². The highest BCUT2D eigenvalue weighted by Gasteiger charge is 2.14. The van der Waals surface area contributed by atoms with Gasteiger partial charge in [-0.3, -0.25) is 4.79 Å². The number of aromatic nitrogens is 2. The van der Waals surface area contributed by atoms with E-state index in [0.29, 0.717) is 24.6 Å². The monoisotopic (exact) mass is 290 g/mol. The molecule has 0 unspecified atom stereocenters. The lowest BCUT2D eigenvalue weighted by Gasteiger charge is -2.27. The van der Waals surface area contributed by atoms with Crippen molar-refractivity contribution < 1.29 is 9.53 Å². The van der Waals surface area contributed by atoms with Crippen LogP contribution in [0, 0.1) is 0 Å². The molecule has 0 spiro atoms. The van der Waals surface area contributed by atoms with Gasteiger partial charge in [0.2, 0.25) is 0 Å². The van der Waals surface area contributed by atoms with Crippen molar-refractivity contribution in [3.05, 3.63) is 34.8 Å². The van der Waals surface area contributed by atoms with Crippen molar-refractivity contribution in [2.75, 3.05) is 36.5 Å². The number of thiophene rings is 1. The van der Waals surface area contributed by atoms with Gasteiger partial charge in [-0.05, 0) is 11.4 Å². The van der Waals surface area contributed by atoms with E-state index < -0.39 is 0 Å². The average molecular weight is 290 g/mol. The Kier molecular flexibility index (Phi) is 3.89. The first-order valence-electron chi connectivity index (χ1n) is 6.31. The third-order valence-electron chi connectivity index (χ3n) is 3.01. The number of anilines is 2. The molecule has 3 heterocycles. The van der Waals surface area contributed by atoms with E-state index in [2.05, 4.69) is 20.2 Å². The van der Waals surface area contributed by atoms with Crippen LogP contribution in [0.25, 0.3) is 0 Å². The lowest BCUT2D eigenvalue weighted by atomic mass is 10.3. The first kappa shape index (κ1) is 13.0. The third-order valence-corrected chi connectivity index (χ3v) is 3.70. The Morgan fingerprint density at radius 2 is 2.20 bits per heavy atom. The Morgan fingerprint density at radius 1 is 1.35 bits per heavy atom. The van der Waals surface area contributed by atoms with Crippen molar-refractivity contribution >= 4 is 28.9 Å². The van der Waals surface area contributed by atoms with Gasteiger partial charge < -0.3 is 15.0 Å². The largest absolute Gasteiger partial charge is 0.378 e. The molecule has 0 bridgehead atoms. The van der Waals surface area contributed by atoms with Crippen LogP contribution in [0.3, 0.4) is 0 Å². The molecule has 0 atom stereocenters. The maximum absolute atomic E-state index is 12.0. The van der Waals surface area contributed by atoms with E-state index in [-0.39, 0.29) is 5.91 Å². The Labute approximate surface area is 120 Å². The summed E-state index contributed by atoms with van der Waals surface area (Å²) in [5.74, 6) is 1.17. The number of ether oxygens (including phenoxy) is 1. The van der Waals surface area contributed by atoms with Gasteiger partial charge in [0.1, 0.15) is 18.0 Å². The van der Waals surface area contributed by atoms with Gasteiger partial charge >= 0.3 is 0 Å². The topological polar surface area (TPSA) is 67.4 Å². The van der Waals surface area contributed by atoms with Crippen molar-refractivity contribution in [3.63, 3.8) is 0 Å². The lowest BCUT2D eigenvalue weighted by molar-refractivity contribution is 0.102. The van der Waals surface area contributed by atoms with Crippen molar-refractivity contribution in [2.24, 2.45) is 0 Å². The Bertz CT molecular complexity index is 582. The summed E-state index contributed by atoms with van der Waals surface area (Å²) in [4.78, 5) is 22.4. The van der Waals surface area contributed by atoms with E-state index in [1.54, 1.807) is 17.5 Å². The predicted molar refractivity (Wildman–Crippen MR) is 77.3 cm³/mol. The zero-order chi connectivity index (χ0) is 13.8. The van der Waals surface area contributed by atoms with E-state index in [4.69, 9.17) is 4.74 Å². The fourth-order valence-corrected chi connectivity index (χ4v) is 2.60. The number of nitrogens with one attached hydrogen (secondary N) is 1. The zero-order valence-electron chi connectivity index (χ0n) is 10.8. The van der Waals surface area contributed by atoms with Crippen LogP contribution < -0.4 is 10.2 Å². The molecule has 20 heavy (non-hydrogen) atoms. The van der Waals surface area contributed by atoms with Crippen LogP contribution in [0.2, 0.25) is 0 Å². The van der Waals surface area contributed by atoms with Gasteiger partial charge in [-0.25, -0.2) is 9.97 Å². The van der Waals surface area contributed by atoms with E-state index in [9.17, 15) is 4.79 Å². The highest BCUT2D eigenvalue weighted by Crippen LogP contribution is 2.16. The van der Waals surface area contributed by atoms with Crippen molar-refractivity contribution in [1.29, 1.82) is 0 Å². The molecule has 1 fully saturated rings. The second kappa shape index (κ2) is 5.98. The summed E-state index contributed by atoms with van der Waals surface area (Å²) in [6.45, 7) is 2.99. The minimum absolute atomic E-state index is 0.155. The zero-order valence-corrected chi connectivity index (χ0v) is 11.6. The number of amides is 1. The molecule has 1 amide bonds. The molecule has 1 N–H and O–H groups in total. The number of hydrogen-bond acceptors (Lipinski definition) is 6. The molecule has 1 aliphatic rings. The second-order valence-corrected chi connectivity index (χ2v) is 5.11. The first-order chi connectivity index (χ1) is 9.83. The fourth-order valence-electron chi connectivity index (χ4n) is 1.96. The van der Waals surface area contributed by atoms with Gasteiger partial charge in [0.15, 0.2) is 0 Å². The average Bonchev–Trinajstić information content (AvgIpc) is 3.03. The predicted octanol–water partition coefficient (Wildman–Crippen LogP) is 1.63.